The number of aromatic amines is 1. The van der Waals surface area contributed by atoms with E-state index in [9.17, 15) is 9.59 Å². The number of ether oxygens (including phenoxy) is 1. The summed E-state index contributed by atoms with van der Waals surface area (Å²) in [7, 11) is 0. The van der Waals surface area contributed by atoms with Crippen molar-refractivity contribution < 1.29 is 9.53 Å². The van der Waals surface area contributed by atoms with Crippen LogP contribution in [-0.2, 0) is 9.53 Å². The van der Waals surface area contributed by atoms with Crippen molar-refractivity contribution in [3.8, 4) is 0 Å². The smallest absolute Gasteiger partial charge is 0.314 e. The highest BCUT2D eigenvalue weighted by Crippen LogP contribution is 2.28. The third kappa shape index (κ3) is 3.42. The summed E-state index contributed by atoms with van der Waals surface area (Å²) in [5.41, 5.74) is 1.68. The second-order valence-electron chi connectivity index (χ2n) is 6.37. The van der Waals surface area contributed by atoms with E-state index < -0.39 is 6.10 Å². The highest BCUT2D eigenvalue weighted by atomic mass is 32.1. The Morgan fingerprint density at radius 3 is 2.62 bits per heavy atom. The van der Waals surface area contributed by atoms with Crippen molar-refractivity contribution in [2.75, 3.05) is 0 Å². The van der Waals surface area contributed by atoms with Gasteiger partial charge in [0.05, 0.1) is 11.3 Å². The minimum absolute atomic E-state index is 0.190. The first kappa shape index (κ1) is 18.3. The van der Waals surface area contributed by atoms with E-state index in [0.29, 0.717) is 22.5 Å². The topological polar surface area (TPSA) is 72.0 Å². The molecule has 0 fully saturated rings. The molecule has 1 aromatic carbocycles. The summed E-state index contributed by atoms with van der Waals surface area (Å²) in [6.45, 7) is 7.57. The molecule has 2 aromatic heterocycles. The molecule has 0 aliphatic rings. The first-order valence-corrected chi connectivity index (χ1v) is 9.49. The van der Waals surface area contributed by atoms with Crippen LogP contribution in [0.25, 0.3) is 10.2 Å². The average Bonchev–Trinajstić information content (AvgIpc) is 2.91. The molecule has 0 aliphatic carbocycles. The van der Waals surface area contributed by atoms with E-state index in [2.05, 4.69) is 9.97 Å². The lowest BCUT2D eigenvalue weighted by atomic mass is 9.97. The molecular weight excluding hydrogens is 348 g/mol. The molecule has 0 saturated carbocycles. The normalized spacial score (nSPS) is 13.5. The molecule has 2 heterocycles. The van der Waals surface area contributed by atoms with Gasteiger partial charge in [0.25, 0.3) is 5.56 Å². The standard InChI is InChI=1S/C20H22N2O3S/c1-5-15(14-9-7-6-8-10-14)20(24)25-12(3)17-21-18(23)16-11(2)13(4)26-19(16)22-17/h6-10,12,15H,5H2,1-4H3,(H,21,22,23)/t12-,15-/m1/s1. The van der Waals surface area contributed by atoms with Gasteiger partial charge in [-0.05, 0) is 38.3 Å². The molecule has 0 radical (unpaired) electrons. The van der Waals surface area contributed by atoms with Crippen molar-refractivity contribution in [2.24, 2.45) is 0 Å². The van der Waals surface area contributed by atoms with Crippen LogP contribution in [0.15, 0.2) is 35.1 Å². The summed E-state index contributed by atoms with van der Waals surface area (Å²) < 4.78 is 5.62. The molecule has 26 heavy (non-hydrogen) atoms. The van der Waals surface area contributed by atoms with Gasteiger partial charge in [0.15, 0.2) is 11.9 Å². The monoisotopic (exact) mass is 370 g/mol. The number of rotatable bonds is 5. The molecule has 0 amide bonds. The lowest BCUT2D eigenvalue weighted by molar-refractivity contribution is -0.151. The predicted molar refractivity (Wildman–Crippen MR) is 104 cm³/mol. The highest BCUT2D eigenvalue weighted by molar-refractivity contribution is 7.18. The molecular formula is C20H22N2O3S. The molecule has 6 heteroatoms. The van der Waals surface area contributed by atoms with E-state index in [1.807, 2.05) is 51.1 Å². The number of nitrogens with zero attached hydrogens (tertiary/aromatic N) is 1. The Balaban J connectivity index is 1.85. The third-order valence-electron chi connectivity index (χ3n) is 4.63. The van der Waals surface area contributed by atoms with Crippen molar-refractivity contribution >= 4 is 27.5 Å². The van der Waals surface area contributed by atoms with Crippen molar-refractivity contribution in [3.05, 3.63) is 62.5 Å². The van der Waals surface area contributed by atoms with Crippen LogP contribution in [0.2, 0.25) is 0 Å². The summed E-state index contributed by atoms with van der Waals surface area (Å²) in [6, 6.07) is 9.57. The van der Waals surface area contributed by atoms with Crippen LogP contribution in [0, 0.1) is 13.8 Å². The largest absolute Gasteiger partial charge is 0.454 e. The number of hydrogen-bond acceptors (Lipinski definition) is 5. The van der Waals surface area contributed by atoms with Crippen LogP contribution < -0.4 is 5.56 Å². The number of benzene rings is 1. The Morgan fingerprint density at radius 1 is 1.27 bits per heavy atom. The molecule has 0 aliphatic heterocycles. The first-order chi connectivity index (χ1) is 12.4. The molecule has 3 aromatic rings. The van der Waals surface area contributed by atoms with Gasteiger partial charge in [-0.15, -0.1) is 11.3 Å². The Kier molecular flexibility index (Phi) is 5.23. The first-order valence-electron chi connectivity index (χ1n) is 8.67. The average molecular weight is 370 g/mol. The number of nitrogens with one attached hydrogen (secondary N) is 1. The van der Waals surface area contributed by atoms with Crippen molar-refractivity contribution in [2.45, 2.75) is 46.1 Å². The maximum absolute atomic E-state index is 12.6. The molecule has 3 rings (SSSR count). The van der Waals surface area contributed by atoms with E-state index >= 15 is 0 Å². The Morgan fingerprint density at radius 2 is 1.96 bits per heavy atom. The predicted octanol–water partition coefficient (Wildman–Crippen LogP) is 4.40. The lowest BCUT2D eigenvalue weighted by Crippen LogP contribution is -2.20. The maximum Gasteiger partial charge on any atom is 0.314 e. The number of fused-ring (bicyclic) bond motifs is 1. The van der Waals surface area contributed by atoms with Crippen molar-refractivity contribution in [3.63, 3.8) is 0 Å². The number of aromatic nitrogens is 2. The van der Waals surface area contributed by atoms with Gasteiger partial charge in [-0.2, -0.15) is 0 Å². The van der Waals surface area contributed by atoms with Gasteiger partial charge in [0.2, 0.25) is 0 Å². The van der Waals surface area contributed by atoms with Crippen molar-refractivity contribution in [1.29, 1.82) is 0 Å². The maximum atomic E-state index is 12.6. The molecule has 0 unspecified atom stereocenters. The number of thiophene rings is 1. The molecule has 5 nitrogen and oxygen atoms in total. The fourth-order valence-corrected chi connectivity index (χ4v) is 4.04. The number of carbonyl (C=O) groups excluding carboxylic acids is 1. The third-order valence-corrected chi connectivity index (χ3v) is 5.73. The van der Waals surface area contributed by atoms with Gasteiger partial charge < -0.3 is 9.72 Å². The van der Waals surface area contributed by atoms with Crippen LogP contribution in [0.1, 0.15) is 54.1 Å². The molecule has 0 saturated heterocycles. The molecule has 2 atom stereocenters. The summed E-state index contributed by atoms with van der Waals surface area (Å²) in [5, 5.41) is 0.616. The molecule has 1 N–H and O–H groups in total. The van der Waals surface area contributed by atoms with Crippen molar-refractivity contribution in [1.82, 2.24) is 9.97 Å². The molecule has 136 valence electrons. The molecule has 0 spiro atoms. The van der Waals surface area contributed by atoms with E-state index in [0.717, 1.165) is 16.0 Å². The van der Waals surface area contributed by atoms with Crippen LogP contribution in [0.4, 0.5) is 0 Å². The van der Waals surface area contributed by atoms with Gasteiger partial charge in [0.1, 0.15) is 4.83 Å². The highest BCUT2D eigenvalue weighted by Gasteiger charge is 2.24. The lowest BCUT2D eigenvalue weighted by Gasteiger charge is -2.18. The summed E-state index contributed by atoms with van der Waals surface area (Å²) in [6.07, 6.45) is 0.0158. The van der Waals surface area contributed by atoms with Gasteiger partial charge in [-0.25, -0.2) is 4.98 Å². The van der Waals surface area contributed by atoms with Crippen LogP contribution in [-0.4, -0.2) is 15.9 Å². The van der Waals surface area contributed by atoms with Crippen LogP contribution >= 0.6 is 11.3 Å². The number of carbonyl (C=O) groups is 1. The zero-order valence-corrected chi connectivity index (χ0v) is 16.1. The fourth-order valence-electron chi connectivity index (χ4n) is 3.00. The van der Waals surface area contributed by atoms with E-state index in [-0.39, 0.29) is 17.4 Å². The SMILES string of the molecule is CC[C@@H](C(=O)O[C@H](C)c1nc2sc(C)c(C)c2c(=O)[nH]1)c1ccccc1. The minimum Gasteiger partial charge on any atom is -0.454 e. The van der Waals surface area contributed by atoms with Crippen LogP contribution in [0.3, 0.4) is 0 Å². The number of aryl methyl sites for hydroxylation is 2. The van der Waals surface area contributed by atoms with Gasteiger partial charge in [0, 0.05) is 4.88 Å². The van der Waals surface area contributed by atoms with Gasteiger partial charge in [-0.1, -0.05) is 37.3 Å². The summed E-state index contributed by atoms with van der Waals surface area (Å²) in [4.78, 5) is 34.1. The Bertz CT molecular complexity index is 991. The second-order valence-corrected chi connectivity index (χ2v) is 7.57. The van der Waals surface area contributed by atoms with E-state index in [1.165, 1.54) is 11.3 Å². The Hall–Kier alpha value is -2.47. The fraction of sp³-hybridized carbons (Fsp3) is 0.350. The zero-order valence-electron chi connectivity index (χ0n) is 15.3. The van der Waals surface area contributed by atoms with Crippen LogP contribution in [0.5, 0.6) is 0 Å². The van der Waals surface area contributed by atoms with E-state index in [1.54, 1.807) is 6.92 Å². The summed E-state index contributed by atoms with van der Waals surface area (Å²) in [5.74, 6) is -0.271. The number of esters is 1. The molecule has 0 bridgehead atoms. The zero-order chi connectivity index (χ0) is 18.8. The Labute approximate surface area is 156 Å². The van der Waals surface area contributed by atoms with Gasteiger partial charge >= 0.3 is 5.97 Å². The minimum atomic E-state index is -0.625. The quantitative estimate of drug-likeness (QED) is 0.676. The van der Waals surface area contributed by atoms with Gasteiger partial charge in [-0.3, -0.25) is 9.59 Å². The van der Waals surface area contributed by atoms with E-state index in [4.69, 9.17) is 4.74 Å². The number of hydrogen-bond donors (Lipinski definition) is 1. The second kappa shape index (κ2) is 7.41. The summed E-state index contributed by atoms with van der Waals surface area (Å²) >= 11 is 1.48. The number of H-pyrrole nitrogens is 1.